The highest BCUT2D eigenvalue weighted by Gasteiger charge is 2.23. The molecule has 0 bridgehead atoms. The highest BCUT2D eigenvalue weighted by Crippen LogP contribution is 2.36. The van der Waals surface area contributed by atoms with Crippen LogP contribution >= 0.6 is 0 Å². The van der Waals surface area contributed by atoms with Crippen LogP contribution in [0.25, 0.3) is 0 Å². The van der Waals surface area contributed by atoms with Crippen LogP contribution in [0.2, 0.25) is 0 Å². The third-order valence-electron chi connectivity index (χ3n) is 4.84. The lowest BCUT2D eigenvalue weighted by atomic mass is 9.75. The Bertz CT molecular complexity index is 275. The highest BCUT2D eigenvalue weighted by atomic mass is 14.3. The van der Waals surface area contributed by atoms with Crippen molar-refractivity contribution < 1.29 is 2.74 Å². The minimum absolute atomic E-state index is 0.456. The summed E-state index contributed by atoms with van der Waals surface area (Å²) >= 11 is 0. The van der Waals surface area contributed by atoms with E-state index in [-0.39, 0.29) is 0 Å². The molecule has 2 unspecified atom stereocenters. The second kappa shape index (κ2) is 12.7. The summed E-state index contributed by atoms with van der Waals surface area (Å²) in [5, 5.41) is 0. The van der Waals surface area contributed by atoms with Crippen molar-refractivity contribution in [2.45, 2.75) is 117 Å². The molecule has 1 rings (SSSR count). The molecule has 0 heteroatoms. The lowest BCUT2D eigenvalue weighted by molar-refractivity contribution is 0.205. The van der Waals surface area contributed by atoms with Gasteiger partial charge in [-0.2, -0.15) is 0 Å². The maximum atomic E-state index is 8.88. The van der Waals surface area contributed by atoms with Crippen molar-refractivity contribution in [3.8, 4) is 0 Å². The molecule has 0 spiro atoms. The number of unbranched alkanes of at least 4 members (excludes halogenated alkanes) is 8. The van der Waals surface area contributed by atoms with Crippen LogP contribution < -0.4 is 0 Å². The smallest absolute Gasteiger partial charge is 0.0306 e. The Hall–Kier alpha value is 0. The van der Waals surface area contributed by atoms with Gasteiger partial charge in [0.15, 0.2) is 0 Å². The van der Waals surface area contributed by atoms with E-state index < -0.39 is 11.8 Å². The van der Waals surface area contributed by atoms with Crippen molar-refractivity contribution in [3.05, 3.63) is 0 Å². The molecule has 1 aliphatic rings. The van der Waals surface area contributed by atoms with Gasteiger partial charge in [-0.05, 0) is 11.8 Å². The van der Waals surface area contributed by atoms with Gasteiger partial charge in [-0.25, -0.2) is 0 Å². The summed E-state index contributed by atoms with van der Waals surface area (Å²) in [6.45, 7) is 4.44. The molecule has 1 saturated carbocycles. The zero-order chi connectivity index (χ0) is 16.3. The van der Waals surface area contributed by atoms with Gasteiger partial charge in [0.05, 0.1) is 0 Å². The van der Waals surface area contributed by atoms with E-state index in [0.717, 1.165) is 32.1 Å². The summed E-state index contributed by atoms with van der Waals surface area (Å²) in [5.41, 5.74) is 0. The molecule has 0 aromatic carbocycles. The van der Waals surface area contributed by atoms with Gasteiger partial charge >= 0.3 is 0 Å². The predicted molar refractivity (Wildman–Crippen MR) is 92.2 cm³/mol. The monoisotopic (exact) mass is 282 g/mol. The third-order valence-corrected chi connectivity index (χ3v) is 4.84. The molecular formula is C20H40. The van der Waals surface area contributed by atoms with Crippen LogP contribution in [0.15, 0.2) is 0 Å². The Morgan fingerprint density at radius 2 is 1.15 bits per heavy atom. The van der Waals surface area contributed by atoms with Gasteiger partial charge < -0.3 is 0 Å². The van der Waals surface area contributed by atoms with Crippen LogP contribution in [0.1, 0.15) is 119 Å². The van der Waals surface area contributed by atoms with E-state index in [9.17, 15) is 0 Å². The maximum absolute atomic E-state index is 8.88. The average Bonchev–Trinajstić information content (AvgIpc) is 2.49. The van der Waals surface area contributed by atoms with E-state index in [1.807, 2.05) is 0 Å². The Morgan fingerprint density at radius 3 is 1.70 bits per heavy atom. The lowest BCUT2D eigenvalue weighted by Gasteiger charge is -2.31. The molecule has 0 nitrogen and oxygen atoms in total. The van der Waals surface area contributed by atoms with Gasteiger partial charge in [-0.1, -0.05) is 117 Å². The first-order valence-corrected chi connectivity index (χ1v) is 9.58. The summed E-state index contributed by atoms with van der Waals surface area (Å²) in [6.07, 6.45) is 19.3. The average molecular weight is 283 g/mol. The molecule has 0 aromatic heterocycles. The van der Waals surface area contributed by atoms with Crippen LogP contribution in [0.3, 0.4) is 0 Å². The molecule has 0 saturated heterocycles. The fourth-order valence-corrected chi connectivity index (χ4v) is 3.58. The normalized spacial score (nSPS) is 31.9. The van der Waals surface area contributed by atoms with E-state index in [0.29, 0.717) is 0 Å². The van der Waals surface area contributed by atoms with Gasteiger partial charge in [0, 0.05) is 2.74 Å². The van der Waals surface area contributed by atoms with Crippen LogP contribution in [0.4, 0.5) is 0 Å². The third kappa shape index (κ3) is 8.32. The number of hydrogen-bond acceptors (Lipinski definition) is 0. The zero-order valence-corrected chi connectivity index (χ0v) is 14.3. The van der Waals surface area contributed by atoms with Crippen molar-refractivity contribution in [3.63, 3.8) is 0 Å². The van der Waals surface area contributed by atoms with Gasteiger partial charge in [0.2, 0.25) is 0 Å². The van der Waals surface area contributed by atoms with Gasteiger partial charge in [0.1, 0.15) is 0 Å². The van der Waals surface area contributed by atoms with Gasteiger partial charge in [-0.15, -0.1) is 0 Å². The summed E-state index contributed by atoms with van der Waals surface area (Å²) in [5.74, 6) is -0.914. The van der Waals surface area contributed by atoms with Crippen LogP contribution in [0.5, 0.6) is 0 Å². The second-order valence-electron chi connectivity index (χ2n) is 6.74. The molecule has 1 aliphatic carbocycles. The first-order valence-electron chi connectivity index (χ1n) is 10.6. The van der Waals surface area contributed by atoms with E-state index in [4.69, 9.17) is 2.74 Å². The topological polar surface area (TPSA) is 0 Å². The van der Waals surface area contributed by atoms with Crippen LogP contribution in [0, 0.1) is 11.8 Å². The van der Waals surface area contributed by atoms with Crippen molar-refractivity contribution in [1.29, 1.82) is 0 Å². The van der Waals surface area contributed by atoms with Crippen molar-refractivity contribution in [2.75, 3.05) is 0 Å². The summed E-state index contributed by atoms with van der Waals surface area (Å²) in [4.78, 5) is 0. The Balaban J connectivity index is 2.18. The fraction of sp³-hybridized carbons (Fsp3) is 1.00. The quantitative estimate of drug-likeness (QED) is 0.325. The fourth-order valence-electron chi connectivity index (χ4n) is 3.58. The first kappa shape index (κ1) is 14.9. The first-order chi connectivity index (χ1) is 10.6. The molecule has 2 atom stereocenters. The number of rotatable bonds is 12. The highest BCUT2D eigenvalue weighted by molar-refractivity contribution is 4.75. The van der Waals surface area contributed by atoms with Crippen LogP contribution in [-0.4, -0.2) is 0 Å². The van der Waals surface area contributed by atoms with E-state index in [1.54, 1.807) is 0 Å². The lowest BCUT2D eigenvalue weighted by Crippen LogP contribution is -2.19. The van der Waals surface area contributed by atoms with Gasteiger partial charge in [0.25, 0.3) is 0 Å². The van der Waals surface area contributed by atoms with E-state index >= 15 is 0 Å². The summed E-state index contributed by atoms with van der Waals surface area (Å²) < 4.78 is 17.7. The SMILES string of the molecule is [2H]C1(CCC)CCCCC1([2H])CCCCCCCCCCC. The maximum Gasteiger partial charge on any atom is 0.0306 e. The largest absolute Gasteiger partial charge is 0.0654 e. The molecule has 0 N–H and O–H groups in total. The Morgan fingerprint density at radius 1 is 0.650 bits per heavy atom. The zero-order valence-electron chi connectivity index (χ0n) is 16.3. The number of hydrogen-bond donors (Lipinski definition) is 0. The molecule has 1 fully saturated rings. The molecule has 0 radical (unpaired) electrons. The minimum Gasteiger partial charge on any atom is -0.0654 e. The van der Waals surface area contributed by atoms with E-state index in [2.05, 4.69) is 13.8 Å². The standard InChI is InChI=1S/C20H40/c1-3-5-6-7-8-9-10-11-12-16-20-18-14-13-17-19(20)15-4-2/h19-20H,3-18H2,1-2H3/i19D,20D. The van der Waals surface area contributed by atoms with Crippen LogP contribution in [-0.2, 0) is 0 Å². The molecule has 120 valence electrons. The van der Waals surface area contributed by atoms with Crippen molar-refractivity contribution >= 4 is 0 Å². The molecule has 0 aromatic rings. The van der Waals surface area contributed by atoms with Gasteiger partial charge in [-0.3, -0.25) is 0 Å². The summed E-state index contributed by atoms with van der Waals surface area (Å²) in [7, 11) is 0. The molecular weight excluding hydrogens is 240 g/mol. The Labute approximate surface area is 131 Å². The summed E-state index contributed by atoms with van der Waals surface area (Å²) in [6, 6.07) is 0. The van der Waals surface area contributed by atoms with Crippen molar-refractivity contribution in [2.24, 2.45) is 11.8 Å². The molecule has 0 amide bonds. The minimum atomic E-state index is -0.458. The predicted octanol–water partition coefficient (Wildman–Crippen LogP) is 7.51. The second-order valence-corrected chi connectivity index (χ2v) is 6.74. The molecule has 0 aliphatic heterocycles. The molecule has 20 heavy (non-hydrogen) atoms. The van der Waals surface area contributed by atoms with E-state index in [1.165, 1.54) is 70.6 Å². The van der Waals surface area contributed by atoms with Crippen molar-refractivity contribution in [1.82, 2.24) is 0 Å². The Kier molecular flexibility index (Phi) is 9.49. The molecule has 0 heterocycles.